The summed E-state index contributed by atoms with van der Waals surface area (Å²) in [5.41, 5.74) is -0.233. The van der Waals surface area contributed by atoms with Crippen LogP contribution in [-0.2, 0) is 4.79 Å². The molecule has 1 saturated carbocycles. The largest absolute Gasteiger partial charge is 0.299 e. The molecule has 0 bridgehead atoms. The van der Waals surface area contributed by atoms with Crippen LogP contribution in [0.4, 0.5) is 0 Å². The summed E-state index contributed by atoms with van der Waals surface area (Å²) in [6.45, 7) is 6.30. The molecule has 14 heavy (non-hydrogen) atoms. The van der Waals surface area contributed by atoms with Crippen LogP contribution >= 0.6 is 27.5 Å². The Morgan fingerprint density at radius 3 is 2.43 bits per heavy atom. The lowest BCUT2D eigenvalue weighted by Gasteiger charge is -2.28. The molecule has 3 heteroatoms. The molecular weight excluding hydrogens is 263 g/mol. The Balaban J connectivity index is 2.87. The van der Waals surface area contributed by atoms with Crippen molar-refractivity contribution in [3.8, 4) is 0 Å². The quantitative estimate of drug-likeness (QED) is 0.522. The van der Waals surface area contributed by atoms with Crippen LogP contribution in [-0.4, -0.2) is 10.1 Å². The van der Waals surface area contributed by atoms with Gasteiger partial charge >= 0.3 is 0 Å². The van der Waals surface area contributed by atoms with E-state index in [2.05, 4.69) is 29.8 Å². The molecule has 0 saturated heterocycles. The average molecular weight is 282 g/mol. The van der Waals surface area contributed by atoms with Crippen LogP contribution in [0.3, 0.4) is 0 Å². The highest BCUT2D eigenvalue weighted by molar-refractivity contribution is 9.10. The number of alkyl halides is 2. The van der Waals surface area contributed by atoms with E-state index in [4.69, 9.17) is 11.6 Å². The minimum atomic E-state index is -0.380. The maximum atomic E-state index is 12.1. The van der Waals surface area contributed by atoms with Crippen molar-refractivity contribution in [3.05, 3.63) is 0 Å². The first-order valence-corrected chi connectivity index (χ1v) is 6.45. The number of rotatable bonds is 1. The molecule has 82 valence electrons. The zero-order chi connectivity index (χ0) is 11.0. The van der Waals surface area contributed by atoms with Gasteiger partial charge in [-0.1, -0.05) is 43.1 Å². The van der Waals surface area contributed by atoms with Gasteiger partial charge in [0.15, 0.2) is 0 Å². The molecule has 1 aliphatic rings. The standard InChI is InChI=1S/C11H18BrClO/c1-10(2)5-4-6-11(3,9(12)13)8(14)7-10/h9H,4-7H2,1-3H3. The molecule has 1 nitrogen and oxygen atoms in total. The van der Waals surface area contributed by atoms with Gasteiger partial charge in [0.1, 0.15) is 10.1 Å². The number of halogens is 2. The van der Waals surface area contributed by atoms with Crippen LogP contribution in [0.2, 0.25) is 0 Å². The predicted octanol–water partition coefficient (Wildman–Crippen LogP) is 4.12. The summed E-state index contributed by atoms with van der Waals surface area (Å²) in [5, 5.41) is 0. The summed E-state index contributed by atoms with van der Waals surface area (Å²) < 4.78 is -0.239. The smallest absolute Gasteiger partial charge is 0.141 e. The van der Waals surface area contributed by atoms with E-state index in [0.29, 0.717) is 12.2 Å². The molecule has 2 atom stereocenters. The van der Waals surface area contributed by atoms with Crippen LogP contribution < -0.4 is 0 Å². The number of carbonyl (C=O) groups excluding carboxylic acids is 1. The fourth-order valence-electron chi connectivity index (χ4n) is 2.03. The van der Waals surface area contributed by atoms with Gasteiger partial charge in [-0.15, -0.1) is 11.6 Å². The lowest BCUT2D eigenvalue weighted by molar-refractivity contribution is -0.128. The monoisotopic (exact) mass is 280 g/mol. The minimum Gasteiger partial charge on any atom is -0.299 e. The van der Waals surface area contributed by atoms with Gasteiger partial charge in [-0.3, -0.25) is 4.79 Å². The van der Waals surface area contributed by atoms with E-state index in [1.807, 2.05) is 6.92 Å². The SMILES string of the molecule is CC1(C)CCCC(C)(C(Cl)Br)C(=O)C1. The fraction of sp³-hybridized carbons (Fsp3) is 0.909. The summed E-state index contributed by atoms with van der Waals surface area (Å²) in [6, 6.07) is 0. The topological polar surface area (TPSA) is 17.1 Å². The van der Waals surface area contributed by atoms with Gasteiger partial charge in [-0.05, 0) is 18.3 Å². The average Bonchev–Trinajstić information content (AvgIpc) is 2.10. The molecule has 0 aliphatic heterocycles. The lowest BCUT2D eigenvalue weighted by Crippen LogP contribution is -2.34. The summed E-state index contributed by atoms with van der Waals surface area (Å²) in [4.78, 5) is 12.1. The Hall–Kier alpha value is 0.440. The molecule has 0 spiro atoms. The van der Waals surface area contributed by atoms with Crippen LogP contribution in [0.5, 0.6) is 0 Å². The van der Waals surface area contributed by atoms with E-state index in [1.54, 1.807) is 0 Å². The second-order valence-electron chi connectivity index (χ2n) is 5.34. The molecule has 0 aromatic heterocycles. The molecule has 1 fully saturated rings. The van der Waals surface area contributed by atoms with Crippen molar-refractivity contribution >= 4 is 33.3 Å². The lowest BCUT2D eigenvalue weighted by atomic mass is 9.80. The van der Waals surface area contributed by atoms with E-state index < -0.39 is 0 Å². The molecule has 0 radical (unpaired) electrons. The zero-order valence-corrected chi connectivity index (χ0v) is 11.4. The third-order valence-corrected chi connectivity index (χ3v) is 4.80. The molecule has 0 aromatic rings. The van der Waals surface area contributed by atoms with Crippen molar-refractivity contribution in [1.29, 1.82) is 0 Å². The third kappa shape index (κ3) is 2.52. The second kappa shape index (κ2) is 4.13. The van der Waals surface area contributed by atoms with Crippen molar-refractivity contribution in [2.45, 2.75) is 50.7 Å². The highest BCUT2D eigenvalue weighted by Crippen LogP contribution is 2.44. The second-order valence-corrected chi connectivity index (χ2v) is 7.22. The van der Waals surface area contributed by atoms with Gasteiger partial charge in [0, 0.05) is 6.42 Å². The van der Waals surface area contributed by atoms with Crippen molar-refractivity contribution in [3.63, 3.8) is 0 Å². The van der Waals surface area contributed by atoms with Crippen LogP contribution in [0, 0.1) is 10.8 Å². The van der Waals surface area contributed by atoms with E-state index in [1.165, 1.54) is 0 Å². The highest BCUT2D eigenvalue weighted by Gasteiger charge is 2.43. The molecule has 0 heterocycles. The maximum Gasteiger partial charge on any atom is 0.141 e. The Morgan fingerprint density at radius 2 is 1.93 bits per heavy atom. The molecule has 1 aliphatic carbocycles. The number of hydrogen-bond donors (Lipinski definition) is 0. The Kier molecular flexibility index (Phi) is 3.69. The molecule has 0 N–H and O–H groups in total. The Labute approximate surface area is 99.7 Å². The summed E-state index contributed by atoms with van der Waals surface area (Å²) >= 11 is 9.40. The first-order valence-electron chi connectivity index (χ1n) is 5.09. The van der Waals surface area contributed by atoms with Crippen molar-refractivity contribution in [2.75, 3.05) is 0 Å². The third-order valence-electron chi connectivity index (χ3n) is 3.31. The predicted molar refractivity (Wildman–Crippen MR) is 63.9 cm³/mol. The normalized spacial score (nSPS) is 35.1. The van der Waals surface area contributed by atoms with E-state index >= 15 is 0 Å². The molecule has 2 unspecified atom stereocenters. The van der Waals surface area contributed by atoms with Gasteiger partial charge < -0.3 is 0 Å². The van der Waals surface area contributed by atoms with E-state index in [-0.39, 0.29) is 15.1 Å². The Bertz CT molecular complexity index is 237. The fourth-order valence-corrected chi connectivity index (χ4v) is 2.74. The first kappa shape index (κ1) is 12.5. The van der Waals surface area contributed by atoms with Crippen molar-refractivity contribution in [2.24, 2.45) is 10.8 Å². The number of carbonyl (C=O) groups is 1. The number of hydrogen-bond acceptors (Lipinski definition) is 1. The highest BCUT2D eigenvalue weighted by atomic mass is 79.9. The maximum absolute atomic E-state index is 12.1. The molecular formula is C11H18BrClO. The molecule has 1 rings (SSSR count). The van der Waals surface area contributed by atoms with Crippen LogP contribution in [0.25, 0.3) is 0 Å². The molecule has 0 aromatic carbocycles. The van der Waals surface area contributed by atoms with E-state index in [9.17, 15) is 4.79 Å². The number of ketones is 1. The number of Topliss-reactive ketones (excluding diaryl/α,β-unsaturated/α-hetero) is 1. The van der Waals surface area contributed by atoms with Gasteiger partial charge in [0.25, 0.3) is 0 Å². The first-order chi connectivity index (χ1) is 6.28. The van der Waals surface area contributed by atoms with Gasteiger partial charge in [0.05, 0.1) is 5.41 Å². The van der Waals surface area contributed by atoms with Crippen molar-refractivity contribution < 1.29 is 4.79 Å². The summed E-state index contributed by atoms with van der Waals surface area (Å²) in [7, 11) is 0. The Morgan fingerprint density at radius 1 is 1.36 bits per heavy atom. The molecule has 0 amide bonds. The minimum absolute atomic E-state index is 0.146. The van der Waals surface area contributed by atoms with Crippen LogP contribution in [0.1, 0.15) is 46.5 Å². The van der Waals surface area contributed by atoms with Gasteiger partial charge in [-0.2, -0.15) is 0 Å². The summed E-state index contributed by atoms with van der Waals surface area (Å²) in [6.07, 6.45) is 3.75. The van der Waals surface area contributed by atoms with E-state index in [0.717, 1.165) is 19.3 Å². The summed E-state index contributed by atoms with van der Waals surface area (Å²) in [5.74, 6) is 0.303. The zero-order valence-electron chi connectivity index (χ0n) is 9.07. The van der Waals surface area contributed by atoms with Crippen LogP contribution in [0.15, 0.2) is 0 Å². The van der Waals surface area contributed by atoms with Crippen molar-refractivity contribution in [1.82, 2.24) is 0 Å². The van der Waals surface area contributed by atoms with Gasteiger partial charge in [-0.25, -0.2) is 0 Å². The van der Waals surface area contributed by atoms with Gasteiger partial charge in [0.2, 0.25) is 0 Å².